The third-order valence-electron chi connectivity index (χ3n) is 16.3. The van der Waals surface area contributed by atoms with Crippen molar-refractivity contribution in [3.05, 3.63) is 184 Å². The standard InChI is InChI=1S/C31H29F4N7O3S.C26H26BrF3N6O3S.C5H5BFNO2/c1-30(2)16-18-12-14-22(20-6-3-8-24(36-20)31(33,34)35)38-26-10-5-11-27(40-26)46(44,45)41-29(43)19-13-15-23(39-28(19)42(30)17-18)21-7-4-9-25(32)37-21;1-25(2)13-15-9-11-18(17-5-3-6-19(31-17)26(28,29)30)32-21-7-4-8-22(34-21)40(38,39)35-24(37)16-10-12-20(27)33-23(16)36(25)14-15;7-5-3-1-2-4(8-5)6(9)10/h3-11,13,15,18,22H,12,14,16-17H2,1-2H3,(H,38,40)(H,41,43);3-8,10,12,15,18H,9,11,13-14H2,1-2H3,(H,32,34)(H,35,37);1-3,9-10H/t18-,22+;15-,18+;/m00./s1. The van der Waals surface area contributed by atoms with Gasteiger partial charge in [0.15, 0.2) is 10.1 Å². The Labute approximate surface area is 554 Å². The Hall–Kier alpha value is -8.86. The van der Waals surface area contributed by atoms with Crippen molar-refractivity contribution in [1.82, 2.24) is 49.3 Å². The van der Waals surface area contributed by atoms with E-state index in [-0.39, 0.29) is 68.8 Å². The number of sulfonamides is 2. The Bertz CT molecular complexity index is 4470. The van der Waals surface area contributed by atoms with Crippen LogP contribution >= 0.6 is 15.9 Å². The molecule has 34 heteroatoms. The van der Waals surface area contributed by atoms with Crippen LogP contribution in [0, 0.1) is 23.7 Å². The highest BCUT2D eigenvalue weighted by molar-refractivity contribution is 9.10. The first kappa shape index (κ1) is 70.0. The lowest BCUT2D eigenvalue weighted by Crippen LogP contribution is -2.41. The molecule has 12 heterocycles. The molecule has 6 N–H and O–H groups in total. The van der Waals surface area contributed by atoms with Crippen LogP contribution in [0.25, 0.3) is 11.4 Å². The zero-order chi connectivity index (χ0) is 69.3. The Morgan fingerprint density at radius 3 is 1.39 bits per heavy atom. The van der Waals surface area contributed by atoms with Crippen molar-refractivity contribution >= 4 is 83.8 Å². The summed E-state index contributed by atoms with van der Waals surface area (Å²) in [5.74, 6) is -2.39. The second-order valence-electron chi connectivity index (χ2n) is 24.2. The minimum absolute atomic E-state index is 0.00640. The van der Waals surface area contributed by atoms with Crippen molar-refractivity contribution < 1.29 is 71.6 Å². The summed E-state index contributed by atoms with van der Waals surface area (Å²) in [6.07, 6.45) is -6.03. The molecule has 2 saturated heterocycles. The fourth-order valence-corrected chi connectivity index (χ4v) is 14.1. The quantitative estimate of drug-likeness (QED) is 0.0542. The van der Waals surface area contributed by atoms with Gasteiger partial charge in [0.05, 0.1) is 51.6 Å². The van der Waals surface area contributed by atoms with Gasteiger partial charge in [0.2, 0.25) is 11.9 Å². The zero-order valence-electron chi connectivity index (χ0n) is 51.3. The summed E-state index contributed by atoms with van der Waals surface area (Å²) in [5.41, 5.74) is -2.30. The van der Waals surface area contributed by atoms with Gasteiger partial charge in [-0.3, -0.25) is 9.59 Å². The zero-order valence-corrected chi connectivity index (χ0v) is 54.5. The summed E-state index contributed by atoms with van der Waals surface area (Å²) in [4.78, 5) is 63.2. The highest BCUT2D eigenvalue weighted by atomic mass is 79.9. The smallest absolute Gasteiger partial charge is 0.422 e. The van der Waals surface area contributed by atoms with E-state index in [0.29, 0.717) is 55.6 Å². The molecule has 0 radical (unpaired) electrons. The third kappa shape index (κ3) is 16.5. The lowest BCUT2D eigenvalue weighted by molar-refractivity contribution is -0.142. The van der Waals surface area contributed by atoms with Gasteiger partial charge in [-0.25, -0.2) is 49.3 Å². The fraction of sp³-hybridized carbons (Fsp3) is 0.323. The van der Waals surface area contributed by atoms with E-state index in [1.54, 1.807) is 12.1 Å². The van der Waals surface area contributed by atoms with Crippen molar-refractivity contribution in [2.45, 2.75) is 112 Å². The minimum Gasteiger partial charge on any atom is -0.422 e. The minimum atomic E-state index is -4.66. The summed E-state index contributed by atoms with van der Waals surface area (Å²) in [7, 11) is -10.6. The van der Waals surface area contributed by atoms with Crippen molar-refractivity contribution in [2.24, 2.45) is 11.8 Å². The first-order valence-corrected chi connectivity index (χ1v) is 33.4. The maximum atomic E-state index is 14.0. The molecule has 2 amide bonds. The van der Waals surface area contributed by atoms with Crippen LogP contribution in [0.15, 0.2) is 148 Å². The van der Waals surface area contributed by atoms with E-state index in [0.717, 1.165) is 24.6 Å². The second-order valence-corrected chi connectivity index (χ2v) is 28.3. The van der Waals surface area contributed by atoms with E-state index >= 15 is 0 Å². The first-order valence-electron chi connectivity index (χ1n) is 29.7. The predicted octanol–water partition coefficient (Wildman–Crippen LogP) is 9.99. The van der Waals surface area contributed by atoms with E-state index in [4.69, 9.17) is 15.0 Å². The largest absolute Gasteiger partial charge is 0.508 e. The number of nitrogens with one attached hydrogen (secondary N) is 4. The molecule has 22 nitrogen and oxygen atoms in total. The lowest BCUT2D eigenvalue weighted by Gasteiger charge is -2.34. The van der Waals surface area contributed by atoms with Gasteiger partial charge in [0.1, 0.15) is 39.3 Å². The van der Waals surface area contributed by atoms with Gasteiger partial charge in [-0.1, -0.05) is 36.4 Å². The van der Waals surface area contributed by atoms with Gasteiger partial charge in [-0.05, 0) is 191 Å². The van der Waals surface area contributed by atoms with Crippen molar-refractivity contribution in [2.75, 3.05) is 33.5 Å². The Morgan fingerprint density at radius 1 is 0.510 bits per heavy atom. The number of hydrogen-bond donors (Lipinski definition) is 6. The lowest BCUT2D eigenvalue weighted by atomic mass is 9.86. The molecule has 504 valence electrons. The second kappa shape index (κ2) is 27.7. The molecule has 4 aliphatic rings. The van der Waals surface area contributed by atoms with Crippen LogP contribution < -0.4 is 35.5 Å². The van der Waals surface area contributed by atoms with E-state index in [9.17, 15) is 61.5 Å². The molecule has 96 heavy (non-hydrogen) atoms. The number of nitrogens with zero attached hydrogens (tertiary/aromatic N) is 10. The SMILES string of the molecule is CC1(C)C[C@@H]2CC[C@H](c3cccc(C(F)(F)F)n3)Nc3cccc(n3)S(=O)(=O)NC(=O)c3ccc(-c4cccc(F)n4)nc3N1C2.CC1(C)C[C@@H]2CC[C@H](c3cccc(C(F)(F)F)n3)Nc3cccc(n3)S(=O)(=O)NC(=O)c3ccc(Br)nc3N1C2.OB(O)c1cccc(F)n1. The Morgan fingerprint density at radius 2 is 0.938 bits per heavy atom. The fourth-order valence-electron chi connectivity index (χ4n) is 11.9. The van der Waals surface area contributed by atoms with Gasteiger partial charge in [-0.15, -0.1) is 0 Å². The van der Waals surface area contributed by atoms with Crippen molar-refractivity contribution in [1.29, 1.82) is 0 Å². The maximum absolute atomic E-state index is 14.0. The van der Waals surface area contributed by atoms with E-state index in [1.165, 1.54) is 103 Å². The highest BCUT2D eigenvalue weighted by Gasteiger charge is 2.44. The number of aromatic nitrogens is 8. The third-order valence-corrected chi connectivity index (χ3v) is 19.2. The molecule has 8 bridgehead atoms. The Balaban J connectivity index is 0.000000183. The van der Waals surface area contributed by atoms with Crippen LogP contribution in [0.4, 0.5) is 58.4 Å². The number of fused-ring (bicyclic) bond motifs is 12. The van der Waals surface area contributed by atoms with Crippen molar-refractivity contribution in [3.63, 3.8) is 0 Å². The summed E-state index contributed by atoms with van der Waals surface area (Å²) in [6.45, 7) is 8.86. The van der Waals surface area contributed by atoms with Crippen LogP contribution in [-0.4, -0.2) is 110 Å². The van der Waals surface area contributed by atoms with Crippen LogP contribution in [0.3, 0.4) is 0 Å². The number of carbonyl (C=O) groups excluding carboxylic acids is 2. The predicted molar refractivity (Wildman–Crippen MR) is 340 cm³/mol. The molecule has 4 aliphatic heterocycles. The average molecular weight is 1440 g/mol. The number of anilines is 4. The number of halogens is 9. The van der Waals surface area contributed by atoms with Crippen LogP contribution in [0.1, 0.15) is 122 Å². The van der Waals surface area contributed by atoms with Crippen LogP contribution in [0.5, 0.6) is 0 Å². The molecular weight excluding hydrogens is 1380 g/mol. The molecule has 8 aromatic heterocycles. The monoisotopic (exact) mass is 1430 g/mol. The van der Waals surface area contributed by atoms with Crippen molar-refractivity contribution in [3.8, 4) is 11.4 Å². The highest BCUT2D eigenvalue weighted by Crippen LogP contribution is 2.44. The van der Waals surface area contributed by atoms with Gasteiger partial charge in [0.25, 0.3) is 31.9 Å². The number of amides is 2. The topological polar surface area (TPSA) is 301 Å². The Kier molecular flexibility index (Phi) is 20.2. The van der Waals surface area contributed by atoms with E-state index < -0.39 is 108 Å². The number of rotatable bonds is 4. The maximum Gasteiger partial charge on any atom is 0.508 e. The van der Waals surface area contributed by atoms with Crippen LogP contribution in [-0.2, 0) is 32.4 Å². The van der Waals surface area contributed by atoms with Gasteiger partial charge < -0.3 is 30.5 Å². The van der Waals surface area contributed by atoms with E-state index in [2.05, 4.69) is 70.9 Å². The molecule has 0 spiro atoms. The summed E-state index contributed by atoms with van der Waals surface area (Å²) >= 11 is 3.35. The first-order chi connectivity index (χ1) is 45.1. The number of pyridine rings is 8. The van der Waals surface area contributed by atoms with Gasteiger partial charge in [-0.2, -0.15) is 52.0 Å². The van der Waals surface area contributed by atoms with Crippen LogP contribution in [0.2, 0.25) is 0 Å². The normalized spacial score (nSPS) is 20.3. The number of carbonyl (C=O) groups is 2. The summed E-state index contributed by atoms with van der Waals surface area (Å²) in [6, 6.07) is 28.2. The molecule has 0 aromatic carbocycles. The summed E-state index contributed by atoms with van der Waals surface area (Å²) < 4.78 is 165. The van der Waals surface area contributed by atoms with Gasteiger partial charge >= 0.3 is 19.5 Å². The average Bonchev–Trinajstić information content (AvgIpc) is 1.52. The number of hydrogen-bond acceptors (Lipinski definition) is 20. The molecule has 0 aliphatic carbocycles. The summed E-state index contributed by atoms with van der Waals surface area (Å²) in [5, 5.41) is 22.2. The molecule has 0 saturated carbocycles. The molecule has 12 rings (SSSR count). The molecule has 0 unspecified atom stereocenters. The molecule has 4 atom stereocenters. The molecule has 8 aromatic rings. The number of alkyl halides is 6. The molecule has 2 fully saturated rings. The molecular formula is C62H60BBrF8N14O8S2. The van der Waals surface area contributed by atoms with Gasteiger partial charge in [0, 0.05) is 24.2 Å². The van der Waals surface area contributed by atoms with E-state index in [1.807, 2.05) is 37.5 Å².